The summed E-state index contributed by atoms with van der Waals surface area (Å²) in [6.45, 7) is 2.26. The predicted octanol–water partition coefficient (Wildman–Crippen LogP) is -9.58. The van der Waals surface area contributed by atoms with Crippen LogP contribution in [0.25, 0.3) is 0 Å². The van der Waals surface area contributed by atoms with Crippen molar-refractivity contribution in [2.45, 2.75) is 181 Å². The van der Waals surface area contributed by atoms with Gasteiger partial charge in [0.05, 0.1) is 32.0 Å². The molecular formula is C34H58N2O24. The Morgan fingerprint density at radius 1 is 0.433 bits per heavy atom. The highest BCUT2D eigenvalue weighted by Gasteiger charge is 2.56. The van der Waals surface area contributed by atoms with E-state index in [0.29, 0.717) is 0 Å². The largest absolute Gasteiger partial charge is 0.394 e. The van der Waals surface area contributed by atoms with E-state index in [1.165, 1.54) is 13.8 Å². The Kier molecular flexibility index (Phi) is 16.9. The first-order valence-electron chi connectivity index (χ1n) is 19.3. The maximum absolute atomic E-state index is 12.0. The van der Waals surface area contributed by atoms with Crippen LogP contribution in [0.15, 0.2) is 0 Å². The number of aliphatic hydroxyl groups is 13. The average molecular weight is 879 g/mol. The van der Waals surface area contributed by atoms with Crippen LogP contribution < -0.4 is 10.6 Å². The number of hydrogen-bond acceptors (Lipinski definition) is 24. The van der Waals surface area contributed by atoms with E-state index >= 15 is 0 Å². The van der Waals surface area contributed by atoms with Gasteiger partial charge >= 0.3 is 0 Å². The summed E-state index contributed by atoms with van der Waals surface area (Å²) in [5.41, 5.74) is 0. The number of amides is 2. The van der Waals surface area contributed by atoms with E-state index in [9.17, 15) is 76.0 Å². The quantitative estimate of drug-likeness (QED) is 0.0817. The summed E-state index contributed by atoms with van der Waals surface area (Å²) >= 11 is 0. The highest BCUT2D eigenvalue weighted by molar-refractivity contribution is 5.73. The molecule has 26 heteroatoms. The van der Waals surface area contributed by atoms with Crippen molar-refractivity contribution in [2.75, 3.05) is 19.8 Å². The van der Waals surface area contributed by atoms with E-state index in [2.05, 4.69) is 10.6 Å². The van der Waals surface area contributed by atoms with Gasteiger partial charge in [0.25, 0.3) is 0 Å². The first-order chi connectivity index (χ1) is 28.2. The minimum Gasteiger partial charge on any atom is -0.394 e. The molecule has 5 aliphatic rings. The Hall–Kier alpha value is -1.94. The molecule has 5 heterocycles. The van der Waals surface area contributed by atoms with Crippen molar-refractivity contribution in [2.24, 2.45) is 0 Å². The molecule has 5 fully saturated rings. The summed E-state index contributed by atoms with van der Waals surface area (Å²) in [6, 6.07) is -3.01. The predicted molar refractivity (Wildman–Crippen MR) is 187 cm³/mol. The summed E-state index contributed by atoms with van der Waals surface area (Å²) in [7, 11) is 0. The molecule has 0 aromatic rings. The van der Waals surface area contributed by atoms with E-state index in [-0.39, 0.29) is 0 Å². The number of carbonyl (C=O) groups is 2. The van der Waals surface area contributed by atoms with Gasteiger partial charge in [0, 0.05) is 13.8 Å². The SMILES string of the molecule is CC(=O)N[C@@H]1[C@@H](O[C@H]2O[C@H](CO)[C@@H](O[C@@H]3O[C@@H](C)[C@H](O)[C@@H](O)[C@H]3O[C@@H]3O[C@@H](C)[C@H](O)[C@@H](O)[C@H]3O[C@@H]3O[C@H](CO)[C@@H](O)[C@H](O)[C@H]3NC(C)=O)[C@H](O)[C@H]2O)[C@@H](O)[C@@H](CO)O[C@H]1O. The molecule has 0 saturated carbocycles. The van der Waals surface area contributed by atoms with Crippen LogP contribution in [-0.4, -0.2) is 251 Å². The van der Waals surface area contributed by atoms with Gasteiger partial charge in [-0.25, -0.2) is 0 Å². The van der Waals surface area contributed by atoms with Crippen molar-refractivity contribution in [3.63, 3.8) is 0 Å². The zero-order chi connectivity index (χ0) is 44.5. The molecule has 348 valence electrons. The highest BCUT2D eigenvalue weighted by atomic mass is 16.8. The van der Waals surface area contributed by atoms with E-state index in [4.69, 9.17) is 42.6 Å². The van der Waals surface area contributed by atoms with Crippen LogP contribution in [0.1, 0.15) is 27.7 Å². The molecule has 5 aliphatic heterocycles. The van der Waals surface area contributed by atoms with Crippen LogP contribution in [0.2, 0.25) is 0 Å². The molecule has 0 aromatic heterocycles. The molecule has 0 bridgehead atoms. The minimum atomic E-state index is -2.08. The fraction of sp³-hybridized carbons (Fsp3) is 0.941. The monoisotopic (exact) mass is 878 g/mol. The summed E-state index contributed by atoms with van der Waals surface area (Å²) in [4.78, 5) is 23.9. The van der Waals surface area contributed by atoms with E-state index < -0.39 is 185 Å². The molecule has 26 nitrogen and oxygen atoms in total. The Morgan fingerprint density at radius 3 is 1.35 bits per heavy atom. The third kappa shape index (κ3) is 10.4. The number of aliphatic hydroxyl groups excluding tert-OH is 13. The topological polar surface area (TPSA) is 404 Å². The number of rotatable bonds is 13. The molecule has 5 rings (SSSR count). The number of nitrogens with one attached hydrogen (secondary N) is 2. The molecule has 0 aliphatic carbocycles. The van der Waals surface area contributed by atoms with Gasteiger partial charge in [-0.3, -0.25) is 9.59 Å². The van der Waals surface area contributed by atoms with Crippen LogP contribution >= 0.6 is 0 Å². The van der Waals surface area contributed by atoms with Gasteiger partial charge in [0.2, 0.25) is 11.8 Å². The molecule has 2 amide bonds. The van der Waals surface area contributed by atoms with Gasteiger partial charge in [0.1, 0.15) is 110 Å². The number of carbonyl (C=O) groups excluding carboxylic acids is 2. The lowest BCUT2D eigenvalue weighted by Crippen LogP contribution is -2.69. The Labute approximate surface area is 342 Å². The zero-order valence-corrected chi connectivity index (χ0v) is 32.9. The van der Waals surface area contributed by atoms with Crippen LogP contribution in [0.5, 0.6) is 0 Å². The maximum Gasteiger partial charge on any atom is 0.217 e. The van der Waals surface area contributed by atoms with Crippen molar-refractivity contribution in [3.8, 4) is 0 Å². The second-order valence-electron chi connectivity index (χ2n) is 15.4. The van der Waals surface area contributed by atoms with Gasteiger partial charge in [-0.15, -0.1) is 0 Å². The standard InChI is InChI=1S/C34H58N2O24/c1-8-18(43)23(48)29(60-34-28(22(47)17(42)9(2)53-34)59-31-15(35-10(3)40)21(46)19(44)12(5-37)55-31)33(52-8)57-26-14(7-39)56-32(25(50)24(26)49)58-27-16(36-11(4)41)30(51)54-13(6-38)20(27)45/h8-9,12-34,37-39,42-51H,5-7H2,1-4H3,(H,35,40)(H,36,41)/t8-,9-,12+,13+,14+,15+,16+,17-,18-,19+,20-,21+,22+,23+,24+,25+,26+,27+,28+,29+,30+,31-,32+,33-,34-/m0/s1. The van der Waals surface area contributed by atoms with Gasteiger partial charge in [-0.2, -0.15) is 0 Å². The lowest BCUT2D eigenvalue weighted by molar-refractivity contribution is -0.399. The van der Waals surface area contributed by atoms with Crippen LogP contribution in [0, 0.1) is 0 Å². The average Bonchev–Trinajstić information content (AvgIpc) is 3.20. The van der Waals surface area contributed by atoms with Crippen molar-refractivity contribution in [3.05, 3.63) is 0 Å². The van der Waals surface area contributed by atoms with Crippen molar-refractivity contribution in [1.82, 2.24) is 10.6 Å². The molecule has 0 unspecified atom stereocenters. The second-order valence-corrected chi connectivity index (χ2v) is 15.4. The molecule has 60 heavy (non-hydrogen) atoms. The fourth-order valence-electron chi connectivity index (χ4n) is 7.69. The second kappa shape index (κ2) is 20.7. The van der Waals surface area contributed by atoms with Crippen LogP contribution in [-0.2, 0) is 52.2 Å². The van der Waals surface area contributed by atoms with Crippen molar-refractivity contribution < 1.29 is 119 Å². The number of ether oxygens (including phenoxy) is 9. The molecule has 15 N–H and O–H groups in total. The van der Waals surface area contributed by atoms with Crippen LogP contribution in [0.3, 0.4) is 0 Å². The highest BCUT2D eigenvalue weighted by Crippen LogP contribution is 2.36. The smallest absolute Gasteiger partial charge is 0.217 e. The van der Waals surface area contributed by atoms with E-state index in [1.54, 1.807) is 0 Å². The lowest BCUT2D eigenvalue weighted by atomic mass is 9.95. The molecule has 5 saturated heterocycles. The molecule has 0 aromatic carbocycles. The van der Waals surface area contributed by atoms with E-state index in [1.807, 2.05) is 0 Å². The fourth-order valence-corrected chi connectivity index (χ4v) is 7.69. The molecule has 0 spiro atoms. The van der Waals surface area contributed by atoms with Crippen molar-refractivity contribution in [1.29, 1.82) is 0 Å². The first kappa shape index (κ1) is 49.1. The lowest BCUT2D eigenvalue weighted by Gasteiger charge is -2.50. The summed E-state index contributed by atoms with van der Waals surface area (Å²) in [5.74, 6) is -1.40. The Morgan fingerprint density at radius 2 is 0.850 bits per heavy atom. The van der Waals surface area contributed by atoms with Gasteiger partial charge in [-0.05, 0) is 13.8 Å². The third-order valence-electron chi connectivity index (χ3n) is 11.0. The first-order valence-corrected chi connectivity index (χ1v) is 19.3. The third-order valence-corrected chi connectivity index (χ3v) is 11.0. The maximum atomic E-state index is 12.0. The molecular weight excluding hydrogens is 820 g/mol. The van der Waals surface area contributed by atoms with Crippen LogP contribution in [0.4, 0.5) is 0 Å². The van der Waals surface area contributed by atoms with Gasteiger partial charge < -0.3 is 120 Å². The van der Waals surface area contributed by atoms with Gasteiger partial charge in [0.15, 0.2) is 31.5 Å². The molecule has 25 atom stereocenters. The summed E-state index contributed by atoms with van der Waals surface area (Å²) < 4.78 is 51.8. The summed E-state index contributed by atoms with van der Waals surface area (Å²) in [6.07, 6.45) is -39.7. The Balaban J connectivity index is 1.38. The molecule has 0 radical (unpaired) electrons. The normalized spacial score (nSPS) is 50.2. The van der Waals surface area contributed by atoms with Crippen molar-refractivity contribution >= 4 is 11.8 Å². The zero-order valence-electron chi connectivity index (χ0n) is 32.9. The minimum absolute atomic E-state index is 0.689. The summed E-state index contributed by atoms with van der Waals surface area (Å²) in [5, 5.41) is 144. The van der Waals surface area contributed by atoms with E-state index in [0.717, 1.165) is 13.8 Å². The van der Waals surface area contributed by atoms with Gasteiger partial charge in [-0.1, -0.05) is 0 Å². The Bertz CT molecular complexity index is 1400. The number of hydrogen-bond donors (Lipinski definition) is 15.